The van der Waals surface area contributed by atoms with Crippen LogP contribution in [-0.4, -0.2) is 73.5 Å². The zero-order valence-corrected chi connectivity index (χ0v) is 12.6. The minimum atomic E-state index is -0.238. The fourth-order valence-electron chi connectivity index (χ4n) is 3.63. The number of rotatable bonds is 3. The topological polar surface area (TPSA) is 64.7 Å². The van der Waals surface area contributed by atoms with Crippen LogP contribution in [0.25, 0.3) is 0 Å². The first-order valence-electron chi connectivity index (χ1n) is 8.23. The monoisotopic (exact) mass is 294 g/mol. The lowest BCUT2D eigenvalue weighted by Crippen LogP contribution is -2.59. The zero-order chi connectivity index (χ0) is 14.7. The summed E-state index contributed by atoms with van der Waals surface area (Å²) in [6.07, 6.45) is 4.91. The van der Waals surface area contributed by atoms with E-state index in [2.05, 4.69) is 15.5 Å². The maximum atomic E-state index is 12.4. The van der Waals surface area contributed by atoms with Crippen LogP contribution in [-0.2, 0) is 9.59 Å². The Morgan fingerprint density at radius 3 is 2.48 bits per heavy atom. The maximum absolute atomic E-state index is 12.4. The molecule has 3 rings (SSSR count). The van der Waals surface area contributed by atoms with Crippen molar-refractivity contribution in [2.45, 2.75) is 31.7 Å². The Labute approximate surface area is 126 Å². The summed E-state index contributed by atoms with van der Waals surface area (Å²) in [5.74, 6) is 0.865. The minimum Gasteiger partial charge on any atom is -0.353 e. The van der Waals surface area contributed by atoms with Crippen LogP contribution in [0.3, 0.4) is 0 Å². The fraction of sp³-hybridized carbons (Fsp3) is 0.867. The molecule has 21 heavy (non-hydrogen) atoms. The summed E-state index contributed by atoms with van der Waals surface area (Å²) in [6, 6.07) is -0.238. The summed E-state index contributed by atoms with van der Waals surface area (Å²) < 4.78 is 0. The van der Waals surface area contributed by atoms with Gasteiger partial charge in [0.2, 0.25) is 11.8 Å². The minimum absolute atomic E-state index is 0.0247. The number of piperazine rings is 1. The molecule has 3 aliphatic rings. The summed E-state index contributed by atoms with van der Waals surface area (Å²) in [5, 5.41) is 5.78. The lowest BCUT2D eigenvalue weighted by Gasteiger charge is -2.36. The number of hydrogen-bond donors (Lipinski definition) is 2. The molecule has 0 aromatic carbocycles. The molecule has 118 valence electrons. The standard InChI is InChI=1S/C15H26N4O2/c20-14-10-16-13(9-17-14)15(21)19-7-3-12(4-8-19)11-18-5-1-2-6-18/h12-13,16H,1-11H2,(H,17,20). The van der Waals surface area contributed by atoms with Crippen LogP contribution >= 0.6 is 0 Å². The molecule has 2 N–H and O–H groups in total. The highest BCUT2D eigenvalue weighted by Crippen LogP contribution is 2.21. The van der Waals surface area contributed by atoms with Crippen molar-refractivity contribution in [1.82, 2.24) is 20.4 Å². The molecule has 0 radical (unpaired) electrons. The molecule has 3 heterocycles. The first-order valence-corrected chi connectivity index (χ1v) is 8.23. The van der Waals surface area contributed by atoms with E-state index in [-0.39, 0.29) is 24.4 Å². The molecule has 0 aromatic heterocycles. The average Bonchev–Trinajstić information content (AvgIpc) is 3.01. The van der Waals surface area contributed by atoms with Gasteiger partial charge in [0, 0.05) is 26.2 Å². The van der Waals surface area contributed by atoms with Gasteiger partial charge in [0.05, 0.1) is 6.54 Å². The van der Waals surface area contributed by atoms with Crippen molar-refractivity contribution >= 4 is 11.8 Å². The molecule has 0 saturated carbocycles. The van der Waals surface area contributed by atoms with Crippen molar-refractivity contribution < 1.29 is 9.59 Å². The van der Waals surface area contributed by atoms with Crippen LogP contribution in [0, 0.1) is 5.92 Å². The molecule has 3 fully saturated rings. The number of nitrogens with zero attached hydrogens (tertiary/aromatic N) is 2. The molecule has 0 bridgehead atoms. The van der Waals surface area contributed by atoms with Gasteiger partial charge in [-0.25, -0.2) is 0 Å². The number of piperidine rings is 1. The van der Waals surface area contributed by atoms with E-state index in [1.165, 1.54) is 32.5 Å². The molecule has 6 heteroatoms. The number of hydrogen-bond acceptors (Lipinski definition) is 4. The van der Waals surface area contributed by atoms with Gasteiger partial charge < -0.3 is 15.1 Å². The zero-order valence-electron chi connectivity index (χ0n) is 12.6. The van der Waals surface area contributed by atoms with Gasteiger partial charge in [-0.05, 0) is 44.7 Å². The van der Waals surface area contributed by atoms with E-state index in [4.69, 9.17) is 0 Å². The van der Waals surface area contributed by atoms with E-state index in [0.29, 0.717) is 6.54 Å². The Morgan fingerprint density at radius 1 is 1.14 bits per heavy atom. The number of nitrogens with one attached hydrogen (secondary N) is 2. The normalized spacial score (nSPS) is 28.7. The second-order valence-electron chi connectivity index (χ2n) is 6.51. The molecule has 0 spiro atoms. The molecule has 0 aromatic rings. The van der Waals surface area contributed by atoms with E-state index in [9.17, 15) is 9.59 Å². The third kappa shape index (κ3) is 3.74. The Balaban J connectivity index is 1.42. The number of carbonyl (C=O) groups is 2. The van der Waals surface area contributed by atoms with E-state index in [1.54, 1.807) is 0 Å². The molecule has 0 aliphatic carbocycles. The van der Waals surface area contributed by atoms with Crippen molar-refractivity contribution in [2.24, 2.45) is 5.92 Å². The molecule has 3 saturated heterocycles. The number of amides is 2. The Hall–Kier alpha value is -1.14. The Bertz CT molecular complexity index is 377. The van der Waals surface area contributed by atoms with Crippen LogP contribution in [0.4, 0.5) is 0 Å². The second-order valence-corrected chi connectivity index (χ2v) is 6.51. The molecular formula is C15H26N4O2. The van der Waals surface area contributed by atoms with Crippen LogP contribution in [0.15, 0.2) is 0 Å². The average molecular weight is 294 g/mol. The number of likely N-dealkylation sites (tertiary alicyclic amines) is 2. The first-order chi connectivity index (χ1) is 10.2. The summed E-state index contributed by atoms with van der Waals surface area (Å²) >= 11 is 0. The molecule has 6 nitrogen and oxygen atoms in total. The summed E-state index contributed by atoms with van der Waals surface area (Å²) in [5.41, 5.74) is 0. The predicted octanol–water partition coefficient (Wildman–Crippen LogP) is -0.591. The van der Waals surface area contributed by atoms with Gasteiger partial charge in [-0.2, -0.15) is 0 Å². The van der Waals surface area contributed by atoms with E-state index in [1.807, 2.05) is 4.90 Å². The van der Waals surface area contributed by atoms with Gasteiger partial charge in [-0.15, -0.1) is 0 Å². The largest absolute Gasteiger partial charge is 0.353 e. The highest BCUT2D eigenvalue weighted by Gasteiger charge is 2.31. The van der Waals surface area contributed by atoms with Gasteiger partial charge in [-0.1, -0.05) is 0 Å². The van der Waals surface area contributed by atoms with E-state index < -0.39 is 0 Å². The Morgan fingerprint density at radius 2 is 1.86 bits per heavy atom. The third-order valence-electron chi connectivity index (χ3n) is 4.95. The molecule has 2 amide bonds. The second kappa shape index (κ2) is 6.75. The lowest BCUT2D eigenvalue weighted by atomic mass is 9.95. The third-order valence-corrected chi connectivity index (χ3v) is 4.95. The van der Waals surface area contributed by atoms with E-state index in [0.717, 1.165) is 31.8 Å². The van der Waals surface area contributed by atoms with Crippen molar-refractivity contribution in [3.63, 3.8) is 0 Å². The quantitative estimate of drug-likeness (QED) is 0.730. The van der Waals surface area contributed by atoms with Gasteiger partial charge in [0.15, 0.2) is 0 Å². The Kier molecular flexibility index (Phi) is 4.75. The van der Waals surface area contributed by atoms with E-state index >= 15 is 0 Å². The maximum Gasteiger partial charge on any atom is 0.241 e. The summed E-state index contributed by atoms with van der Waals surface area (Å²) in [7, 11) is 0. The fourth-order valence-corrected chi connectivity index (χ4v) is 3.63. The van der Waals surface area contributed by atoms with Gasteiger partial charge in [-0.3, -0.25) is 14.9 Å². The van der Waals surface area contributed by atoms with Gasteiger partial charge >= 0.3 is 0 Å². The molecule has 3 aliphatic heterocycles. The molecular weight excluding hydrogens is 268 g/mol. The molecule has 1 unspecified atom stereocenters. The smallest absolute Gasteiger partial charge is 0.241 e. The summed E-state index contributed by atoms with van der Waals surface area (Å²) in [4.78, 5) is 28.1. The molecule has 1 atom stereocenters. The van der Waals surface area contributed by atoms with Crippen LogP contribution in [0.5, 0.6) is 0 Å². The summed E-state index contributed by atoms with van der Waals surface area (Å²) in [6.45, 7) is 6.12. The SMILES string of the molecule is O=C1CNC(C(=O)N2CCC(CN3CCCC3)CC2)CN1. The highest BCUT2D eigenvalue weighted by molar-refractivity contribution is 5.86. The lowest BCUT2D eigenvalue weighted by molar-refractivity contribution is -0.136. The van der Waals surface area contributed by atoms with Crippen molar-refractivity contribution in [3.8, 4) is 0 Å². The van der Waals surface area contributed by atoms with Gasteiger partial charge in [0.1, 0.15) is 6.04 Å². The van der Waals surface area contributed by atoms with Crippen molar-refractivity contribution in [1.29, 1.82) is 0 Å². The predicted molar refractivity (Wildman–Crippen MR) is 79.8 cm³/mol. The van der Waals surface area contributed by atoms with Crippen molar-refractivity contribution in [2.75, 3.05) is 45.8 Å². The van der Waals surface area contributed by atoms with Crippen LogP contribution < -0.4 is 10.6 Å². The van der Waals surface area contributed by atoms with Crippen LogP contribution in [0.2, 0.25) is 0 Å². The van der Waals surface area contributed by atoms with Gasteiger partial charge in [0.25, 0.3) is 0 Å². The number of carbonyl (C=O) groups excluding carboxylic acids is 2. The van der Waals surface area contributed by atoms with Crippen LogP contribution in [0.1, 0.15) is 25.7 Å². The first kappa shape index (κ1) is 14.8. The van der Waals surface area contributed by atoms with Crippen molar-refractivity contribution in [3.05, 3.63) is 0 Å². The highest BCUT2D eigenvalue weighted by atomic mass is 16.2.